The first kappa shape index (κ1) is 23.8. The molecular weight excluding hydrogens is 416 g/mol. The fraction of sp³-hybridized carbons (Fsp3) is 0.320. The Hall–Kier alpha value is -3.81. The monoisotopic (exact) mass is 448 g/mol. The second-order valence-electron chi connectivity index (χ2n) is 7.63. The Balaban J connectivity index is 1.54. The quantitative estimate of drug-likeness (QED) is 0.327. The molecule has 1 aromatic heterocycles. The number of anilines is 1. The lowest BCUT2D eigenvalue weighted by molar-refractivity contribution is -0.116. The number of guanidine groups is 1. The highest BCUT2D eigenvalue weighted by Crippen LogP contribution is 2.19. The lowest BCUT2D eigenvalue weighted by Gasteiger charge is -2.12. The third kappa shape index (κ3) is 7.68. The van der Waals surface area contributed by atoms with E-state index in [1.807, 2.05) is 38.1 Å². The molecule has 3 aromatic rings. The van der Waals surface area contributed by atoms with E-state index in [1.165, 1.54) is 5.56 Å². The summed E-state index contributed by atoms with van der Waals surface area (Å²) in [6, 6.07) is 15.8. The summed E-state index contributed by atoms with van der Waals surface area (Å²) in [6.07, 6.45) is 4.27. The van der Waals surface area contributed by atoms with Crippen LogP contribution in [-0.4, -0.2) is 41.8 Å². The molecule has 1 heterocycles. The molecule has 0 saturated heterocycles. The Labute approximate surface area is 195 Å². The van der Waals surface area contributed by atoms with Crippen LogP contribution in [0.4, 0.5) is 5.69 Å². The highest BCUT2D eigenvalue weighted by Gasteiger charge is 2.05. The smallest absolute Gasteiger partial charge is 0.246 e. The van der Waals surface area contributed by atoms with Crippen molar-refractivity contribution < 1.29 is 9.53 Å². The van der Waals surface area contributed by atoms with Crippen LogP contribution in [0.3, 0.4) is 0 Å². The minimum Gasteiger partial charge on any atom is -0.496 e. The van der Waals surface area contributed by atoms with E-state index in [0.29, 0.717) is 6.54 Å². The Bertz CT molecular complexity index is 1060. The van der Waals surface area contributed by atoms with E-state index in [-0.39, 0.29) is 12.5 Å². The molecule has 0 aliphatic rings. The van der Waals surface area contributed by atoms with E-state index in [1.54, 1.807) is 30.3 Å². The van der Waals surface area contributed by atoms with E-state index in [4.69, 9.17) is 4.74 Å². The van der Waals surface area contributed by atoms with Gasteiger partial charge >= 0.3 is 0 Å². The van der Waals surface area contributed by atoms with Crippen LogP contribution < -0.4 is 20.7 Å². The molecule has 33 heavy (non-hydrogen) atoms. The van der Waals surface area contributed by atoms with Crippen molar-refractivity contribution in [1.29, 1.82) is 0 Å². The van der Waals surface area contributed by atoms with Crippen molar-refractivity contribution in [3.8, 4) is 5.75 Å². The molecule has 3 N–H and O–H groups in total. The van der Waals surface area contributed by atoms with Crippen molar-refractivity contribution in [2.45, 2.75) is 33.4 Å². The molecular formula is C25H32N6O2. The first-order chi connectivity index (χ1) is 16.1. The second kappa shape index (κ2) is 12.3. The molecule has 1 amide bonds. The van der Waals surface area contributed by atoms with Crippen molar-refractivity contribution in [2.24, 2.45) is 4.99 Å². The topological polar surface area (TPSA) is 92.6 Å². The number of hydrogen-bond donors (Lipinski definition) is 3. The lowest BCUT2D eigenvalue weighted by atomic mass is 10.1. The molecule has 0 bridgehead atoms. The van der Waals surface area contributed by atoms with Gasteiger partial charge in [0, 0.05) is 31.2 Å². The van der Waals surface area contributed by atoms with Crippen LogP contribution in [0.1, 0.15) is 23.6 Å². The molecule has 0 aliphatic heterocycles. The van der Waals surface area contributed by atoms with Gasteiger partial charge in [0.25, 0.3) is 0 Å². The number of nitrogens with zero attached hydrogens (tertiary/aromatic N) is 3. The molecule has 0 fully saturated rings. The van der Waals surface area contributed by atoms with Gasteiger partial charge in [-0.3, -0.25) is 9.48 Å². The maximum Gasteiger partial charge on any atom is 0.246 e. The highest BCUT2D eigenvalue weighted by molar-refractivity contribution is 5.90. The average Bonchev–Trinajstić information content (AvgIpc) is 3.31. The number of rotatable bonds is 10. The van der Waals surface area contributed by atoms with Crippen molar-refractivity contribution >= 4 is 17.6 Å². The molecule has 0 atom stereocenters. The summed E-state index contributed by atoms with van der Waals surface area (Å²) < 4.78 is 7.00. The largest absolute Gasteiger partial charge is 0.496 e. The summed E-state index contributed by atoms with van der Waals surface area (Å²) in [5.41, 5.74) is 4.08. The van der Waals surface area contributed by atoms with Crippen molar-refractivity contribution in [3.05, 3.63) is 77.6 Å². The van der Waals surface area contributed by atoms with Gasteiger partial charge in [-0.15, -0.1) is 0 Å². The number of hydrogen-bond acceptors (Lipinski definition) is 4. The van der Waals surface area contributed by atoms with E-state index in [2.05, 4.69) is 44.2 Å². The number of ether oxygens (including phenoxy) is 1. The number of carbonyl (C=O) groups is 1. The number of methoxy groups -OCH3 is 1. The number of amides is 1. The van der Waals surface area contributed by atoms with Gasteiger partial charge in [-0.05, 0) is 61.2 Å². The van der Waals surface area contributed by atoms with E-state index < -0.39 is 0 Å². The van der Waals surface area contributed by atoms with Crippen molar-refractivity contribution in [1.82, 2.24) is 20.4 Å². The van der Waals surface area contributed by atoms with Crippen LogP contribution in [0.15, 0.2) is 65.9 Å². The zero-order chi connectivity index (χ0) is 23.5. The molecule has 0 spiro atoms. The first-order valence-corrected chi connectivity index (χ1v) is 11.1. The number of aromatic nitrogens is 2. The first-order valence-electron chi connectivity index (χ1n) is 11.1. The fourth-order valence-electron chi connectivity index (χ4n) is 3.35. The number of aryl methyl sites for hydroxylation is 1. The van der Waals surface area contributed by atoms with Gasteiger partial charge in [0.2, 0.25) is 5.91 Å². The van der Waals surface area contributed by atoms with Crippen LogP contribution >= 0.6 is 0 Å². The molecule has 0 aliphatic carbocycles. The van der Waals surface area contributed by atoms with Crippen LogP contribution in [0.5, 0.6) is 5.75 Å². The standard InChI is InChI=1S/C25H32N6O2/c1-4-26-25(27-13-11-20-10-9-19(2)23(16-20)33-3)28-17-21-7-5-8-22(15-21)30-24(32)18-31-14-6-12-29-31/h5-10,12,14-16H,4,11,13,17-18H2,1-3H3,(H,30,32)(H2,26,27,28). The molecule has 0 saturated carbocycles. The number of benzene rings is 2. The second-order valence-corrected chi connectivity index (χ2v) is 7.63. The maximum absolute atomic E-state index is 12.2. The van der Waals surface area contributed by atoms with Crippen molar-refractivity contribution in [2.75, 3.05) is 25.5 Å². The number of carbonyl (C=O) groups excluding carboxylic acids is 1. The predicted octanol–water partition coefficient (Wildman–Crippen LogP) is 3.14. The van der Waals surface area contributed by atoms with Gasteiger partial charge in [-0.2, -0.15) is 5.10 Å². The third-order valence-corrected chi connectivity index (χ3v) is 5.02. The molecule has 0 radical (unpaired) electrons. The summed E-state index contributed by atoms with van der Waals surface area (Å²) in [5.74, 6) is 1.54. The maximum atomic E-state index is 12.2. The highest BCUT2D eigenvalue weighted by atomic mass is 16.5. The minimum atomic E-state index is -0.123. The zero-order valence-corrected chi connectivity index (χ0v) is 19.5. The SMILES string of the molecule is CCNC(=NCc1cccc(NC(=O)Cn2cccn2)c1)NCCc1ccc(C)c(OC)c1. The predicted molar refractivity (Wildman–Crippen MR) is 132 cm³/mol. The Morgan fingerprint density at radius 2 is 2.00 bits per heavy atom. The molecule has 0 unspecified atom stereocenters. The zero-order valence-electron chi connectivity index (χ0n) is 19.5. The number of nitrogens with one attached hydrogen (secondary N) is 3. The Morgan fingerprint density at radius 3 is 2.76 bits per heavy atom. The number of aliphatic imine (C=N–C) groups is 1. The summed E-state index contributed by atoms with van der Waals surface area (Å²) in [5, 5.41) is 13.6. The summed E-state index contributed by atoms with van der Waals surface area (Å²) in [6.45, 7) is 6.27. The normalized spacial score (nSPS) is 11.2. The fourth-order valence-corrected chi connectivity index (χ4v) is 3.35. The van der Waals surface area contributed by atoms with Crippen LogP contribution in [0.2, 0.25) is 0 Å². The van der Waals surface area contributed by atoms with Gasteiger partial charge in [0.05, 0.1) is 13.7 Å². The van der Waals surface area contributed by atoms with Gasteiger partial charge < -0.3 is 20.7 Å². The average molecular weight is 449 g/mol. The van der Waals surface area contributed by atoms with Crippen molar-refractivity contribution in [3.63, 3.8) is 0 Å². The molecule has 8 heteroatoms. The molecule has 3 rings (SSSR count). The molecule has 8 nitrogen and oxygen atoms in total. The van der Waals surface area contributed by atoms with Gasteiger partial charge in [-0.1, -0.05) is 24.3 Å². The Kier molecular flexibility index (Phi) is 8.88. The third-order valence-electron chi connectivity index (χ3n) is 5.02. The van der Waals surface area contributed by atoms with Gasteiger partial charge in [0.15, 0.2) is 5.96 Å². The lowest BCUT2D eigenvalue weighted by Crippen LogP contribution is -2.38. The van der Waals surface area contributed by atoms with Gasteiger partial charge in [0.1, 0.15) is 12.3 Å². The molecule has 174 valence electrons. The molecule has 2 aromatic carbocycles. The van der Waals surface area contributed by atoms with E-state index in [9.17, 15) is 4.79 Å². The summed E-state index contributed by atoms with van der Waals surface area (Å²) >= 11 is 0. The minimum absolute atomic E-state index is 0.123. The summed E-state index contributed by atoms with van der Waals surface area (Å²) in [4.78, 5) is 16.9. The van der Waals surface area contributed by atoms with Crippen LogP contribution in [0.25, 0.3) is 0 Å². The summed E-state index contributed by atoms with van der Waals surface area (Å²) in [7, 11) is 1.69. The van der Waals surface area contributed by atoms with Gasteiger partial charge in [-0.25, -0.2) is 4.99 Å². The van der Waals surface area contributed by atoms with E-state index in [0.717, 1.165) is 48.0 Å². The van der Waals surface area contributed by atoms with Crippen LogP contribution in [0, 0.1) is 6.92 Å². The van der Waals surface area contributed by atoms with E-state index >= 15 is 0 Å². The Morgan fingerprint density at radius 1 is 1.12 bits per heavy atom. The van der Waals surface area contributed by atoms with Crippen LogP contribution in [-0.2, 0) is 24.3 Å².